The smallest absolute Gasteiger partial charge is 0.222 e. The lowest BCUT2D eigenvalue weighted by atomic mass is 9.84. The summed E-state index contributed by atoms with van der Waals surface area (Å²) in [5.74, 6) is 1.51. The summed E-state index contributed by atoms with van der Waals surface area (Å²) in [5, 5.41) is 3.18. The maximum absolute atomic E-state index is 13.2. The number of nitrogens with zero attached hydrogens (tertiary/aromatic N) is 1. The van der Waals surface area contributed by atoms with E-state index in [1.165, 1.54) is 0 Å². The molecule has 2 aliphatic heterocycles. The predicted molar refractivity (Wildman–Crippen MR) is 133 cm³/mol. The zero-order valence-electron chi connectivity index (χ0n) is 20.8. The van der Waals surface area contributed by atoms with Crippen LogP contribution in [0.3, 0.4) is 0 Å². The van der Waals surface area contributed by atoms with Crippen molar-refractivity contribution in [2.75, 3.05) is 27.3 Å². The third-order valence-electron chi connectivity index (χ3n) is 7.10. The van der Waals surface area contributed by atoms with Crippen molar-refractivity contribution >= 4 is 11.8 Å². The van der Waals surface area contributed by atoms with Gasteiger partial charge in [0.2, 0.25) is 11.8 Å². The lowest BCUT2D eigenvalue weighted by Gasteiger charge is -2.34. The van der Waals surface area contributed by atoms with Gasteiger partial charge in [-0.1, -0.05) is 36.4 Å². The summed E-state index contributed by atoms with van der Waals surface area (Å²) in [6.45, 7) is 1.95. The van der Waals surface area contributed by atoms with Gasteiger partial charge in [-0.15, -0.1) is 0 Å². The Morgan fingerprint density at radius 2 is 1.89 bits per heavy atom. The van der Waals surface area contributed by atoms with Gasteiger partial charge in [-0.3, -0.25) is 9.59 Å². The lowest BCUT2D eigenvalue weighted by molar-refractivity contribution is -0.136. The fourth-order valence-electron chi connectivity index (χ4n) is 5.16. The van der Waals surface area contributed by atoms with Crippen LogP contribution in [0.4, 0.5) is 0 Å². The van der Waals surface area contributed by atoms with E-state index in [2.05, 4.69) is 17.4 Å². The normalized spacial score (nSPS) is 22.1. The van der Waals surface area contributed by atoms with Crippen molar-refractivity contribution in [1.82, 2.24) is 10.2 Å². The summed E-state index contributed by atoms with van der Waals surface area (Å²) < 4.78 is 16.9. The van der Waals surface area contributed by atoms with Gasteiger partial charge in [-0.05, 0) is 55.4 Å². The molecule has 7 nitrogen and oxygen atoms in total. The molecule has 188 valence electrons. The summed E-state index contributed by atoms with van der Waals surface area (Å²) in [5.41, 5.74) is 1.76. The fraction of sp³-hybridized carbons (Fsp3) is 0.500. The maximum Gasteiger partial charge on any atom is 0.222 e. The molecule has 0 spiro atoms. The van der Waals surface area contributed by atoms with Gasteiger partial charge >= 0.3 is 0 Å². The van der Waals surface area contributed by atoms with E-state index < -0.39 is 5.54 Å². The highest BCUT2D eigenvalue weighted by atomic mass is 16.5. The molecule has 35 heavy (non-hydrogen) atoms. The van der Waals surface area contributed by atoms with Gasteiger partial charge in [0.15, 0.2) is 11.5 Å². The molecule has 0 aromatic heterocycles. The Hall–Kier alpha value is -3.06. The number of methoxy groups -OCH3 is 2. The molecule has 2 aliphatic rings. The highest BCUT2D eigenvalue weighted by Crippen LogP contribution is 2.34. The van der Waals surface area contributed by atoms with E-state index in [1.807, 2.05) is 41.3 Å². The number of ether oxygens (including phenoxy) is 3. The largest absolute Gasteiger partial charge is 0.493 e. The number of carbonyl (C=O) groups is 2. The van der Waals surface area contributed by atoms with Crippen molar-refractivity contribution in [2.45, 2.75) is 63.2 Å². The number of amides is 2. The second kappa shape index (κ2) is 11.6. The van der Waals surface area contributed by atoms with Gasteiger partial charge in [0.25, 0.3) is 0 Å². The van der Waals surface area contributed by atoms with Crippen molar-refractivity contribution in [2.24, 2.45) is 0 Å². The average Bonchev–Trinajstić information content (AvgIpc) is 3.26. The molecule has 7 heteroatoms. The fourth-order valence-corrected chi connectivity index (χ4v) is 5.16. The Labute approximate surface area is 207 Å². The van der Waals surface area contributed by atoms with Crippen LogP contribution in [0.25, 0.3) is 0 Å². The van der Waals surface area contributed by atoms with Crippen LogP contribution in [0.5, 0.6) is 11.5 Å². The molecule has 2 saturated heterocycles. The number of likely N-dealkylation sites (tertiary alicyclic amines) is 1. The number of piperidine rings is 1. The first-order valence-electron chi connectivity index (χ1n) is 12.5. The molecule has 2 fully saturated rings. The molecule has 2 heterocycles. The topological polar surface area (TPSA) is 77.1 Å². The van der Waals surface area contributed by atoms with Crippen LogP contribution in [0.15, 0.2) is 48.5 Å². The maximum atomic E-state index is 13.2. The van der Waals surface area contributed by atoms with Crippen LogP contribution in [-0.2, 0) is 27.4 Å². The minimum atomic E-state index is -0.425. The highest BCUT2D eigenvalue weighted by Gasteiger charge is 2.38. The first kappa shape index (κ1) is 25.0. The molecular formula is C28H36N2O5. The number of hydrogen-bond acceptors (Lipinski definition) is 5. The number of carbonyl (C=O) groups excluding carboxylic acids is 2. The summed E-state index contributed by atoms with van der Waals surface area (Å²) >= 11 is 0. The van der Waals surface area contributed by atoms with Crippen LogP contribution in [0.1, 0.15) is 49.7 Å². The van der Waals surface area contributed by atoms with Gasteiger partial charge in [0.05, 0.1) is 26.9 Å². The molecule has 1 N–H and O–H groups in total. The van der Waals surface area contributed by atoms with Crippen LogP contribution >= 0.6 is 0 Å². The number of rotatable bonds is 10. The first-order valence-corrected chi connectivity index (χ1v) is 12.5. The molecule has 2 aromatic carbocycles. The third-order valence-corrected chi connectivity index (χ3v) is 7.10. The standard InChI is InChI=1S/C28H36N2O5/c1-33-24-11-10-22(17-25(24)34-2)18-28(14-12-26(31)29-28)15-13-27(32)30-16-6-9-23(19-30)35-20-21-7-4-3-5-8-21/h3-5,7-8,10-11,17,23H,6,9,12-16,18-20H2,1-2H3,(H,29,31)/t23-,28-/m0/s1. The third kappa shape index (κ3) is 6.54. The van der Waals surface area contributed by atoms with E-state index in [0.717, 1.165) is 36.9 Å². The SMILES string of the molecule is COc1ccc(C[C@@]2(CCC(=O)N3CCC[C@H](OCc4ccccc4)C3)CCC(=O)N2)cc1OC. The first-order chi connectivity index (χ1) is 17.0. The minimum Gasteiger partial charge on any atom is -0.493 e. The monoisotopic (exact) mass is 480 g/mol. The molecule has 0 radical (unpaired) electrons. The van der Waals surface area contributed by atoms with Crippen LogP contribution in [0.2, 0.25) is 0 Å². The van der Waals surface area contributed by atoms with E-state index >= 15 is 0 Å². The zero-order valence-corrected chi connectivity index (χ0v) is 20.8. The molecule has 2 atom stereocenters. The Kier molecular flexibility index (Phi) is 8.29. The Morgan fingerprint density at radius 1 is 1.09 bits per heavy atom. The van der Waals surface area contributed by atoms with Gasteiger partial charge in [-0.2, -0.15) is 0 Å². The van der Waals surface area contributed by atoms with E-state index in [-0.39, 0.29) is 17.9 Å². The van der Waals surface area contributed by atoms with E-state index in [1.54, 1.807) is 14.2 Å². The summed E-state index contributed by atoms with van der Waals surface area (Å²) in [6.07, 6.45) is 4.83. The van der Waals surface area contributed by atoms with Crippen LogP contribution < -0.4 is 14.8 Å². The highest BCUT2D eigenvalue weighted by molar-refractivity contribution is 5.80. The molecule has 0 bridgehead atoms. The Bertz CT molecular complexity index is 1010. The van der Waals surface area contributed by atoms with Crippen molar-refractivity contribution in [3.63, 3.8) is 0 Å². The summed E-state index contributed by atoms with van der Waals surface area (Å²) in [4.78, 5) is 27.3. The molecular weight excluding hydrogens is 444 g/mol. The molecule has 0 aliphatic carbocycles. The van der Waals surface area contributed by atoms with Gasteiger partial charge in [0, 0.05) is 31.5 Å². The van der Waals surface area contributed by atoms with Gasteiger partial charge in [0.1, 0.15) is 0 Å². The van der Waals surface area contributed by atoms with Crippen LogP contribution in [0, 0.1) is 0 Å². The van der Waals surface area contributed by atoms with E-state index in [4.69, 9.17) is 14.2 Å². The molecule has 0 unspecified atom stereocenters. The number of hydrogen-bond donors (Lipinski definition) is 1. The van der Waals surface area contributed by atoms with Gasteiger partial charge < -0.3 is 24.4 Å². The van der Waals surface area contributed by atoms with Crippen molar-refractivity contribution in [1.29, 1.82) is 0 Å². The number of nitrogens with one attached hydrogen (secondary N) is 1. The molecule has 4 rings (SSSR count). The minimum absolute atomic E-state index is 0.0466. The lowest BCUT2D eigenvalue weighted by Crippen LogP contribution is -2.46. The summed E-state index contributed by atoms with van der Waals surface area (Å²) in [6, 6.07) is 16.0. The van der Waals surface area contributed by atoms with Crippen molar-refractivity contribution < 1.29 is 23.8 Å². The van der Waals surface area contributed by atoms with E-state index in [9.17, 15) is 9.59 Å². The van der Waals surface area contributed by atoms with Crippen molar-refractivity contribution in [3.8, 4) is 11.5 Å². The summed E-state index contributed by atoms with van der Waals surface area (Å²) in [7, 11) is 3.22. The molecule has 2 aromatic rings. The second-order valence-corrected chi connectivity index (χ2v) is 9.60. The number of benzene rings is 2. The Morgan fingerprint density at radius 3 is 2.60 bits per heavy atom. The van der Waals surface area contributed by atoms with Crippen LogP contribution in [-0.4, -0.2) is 55.7 Å². The predicted octanol–water partition coefficient (Wildman–Crippen LogP) is 3.88. The van der Waals surface area contributed by atoms with E-state index in [0.29, 0.717) is 50.3 Å². The van der Waals surface area contributed by atoms with Crippen molar-refractivity contribution in [3.05, 3.63) is 59.7 Å². The quantitative estimate of drug-likeness (QED) is 0.558. The average molecular weight is 481 g/mol. The van der Waals surface area contributed by atoms with Gasteiger partial charge in [-0.25, -0.2) is 0 Å². The molecule has 2 amide bonds. The zero-order chi connectivity index (χ0) is 24.7. The second-order valence-electron chi connectivity index (χ2n) is 9.60. The molecule has 0 saturated carbocycles. The Balaban J connectivity index is 1.34.